The molecule has 122 valence electrons. The molecule has 5 heteroatoms. The molecule has 4 nitrogen and oxygen atoms in total. The average Bonchev–Trinajstić information content (AvgIpc) is 2.78. The zero-order chi connectivity index (χ0) is 16.7. The third kappa shape index (κ3) is 2.53. The van der Waals surface area contributed by atoms with Crippen molar-refractivity contribution in [2.75, 3.05) is 11.9 Å². The van der Waals surface area contributed by atoms with Crippen LogP contribution in [0.2, 0.25) is 5.02 Å². The number of amides is 2. The Morgan fingerprint density at radius 2 is 1.96 bits per heavy atom. The van der Waals surface area contributed by atoms with Gasteiger partial charge in [-0.05, 0) is 35.7 Å². The van der Waals surface area contributed by atoms with Gasteiger partial charge in [0, 0.05) is 37.2 Å². The second-order valence-corrected chi connectivity index (χ2v) is 6.57. The van der Waals surface area contributed by atoms with Crippen LogP contribution in [0.1, 0.15) is 11.1 Å². The lowest BCUT2D eigenvalue weighted by Gasteiger charge is -2.22. The number of hydrogen-bond donors (Lipinski definition) is 1. The number of nitrogens with one attached hydrogen (secondary N) is 1. The van der Waals surface area contributed by atoms with Gasteiger partial charge in [-0.15, -0.1) is 0 Å². The maximum absolute atomic E-state index is 12.7. The summed E-state index contributed by atoms with van der Waals surface area (Å²) in [6, 6.07) is 13.5. The molecule has 1 N–H and O–H groups in total. The minimum atomic E-state index is -0.116. The fourth-order valence-corrected chi connectivity index (χ4v) is 3.59. The normalized spacial score (nSPS) is 13.8. The summed E-state index contributed by atoms with van der Waals surface area (Å²) in [4.78, 5) is 14.5. The standard InChI is InChI=1S/C19H18ClN3O/c1-22-11-14-9-10-23(12-13-5-4-8-17(22)18(13)14)19(24)21-16-7-3-2-6-15(16)20/h2-8,11H,9-10,12H2,1H3,(H,21,24). The van der Waals surface area contributed by atoms with Crippen LogP contribution in [0.25, 0.3) is 10.9 Å². The van der Waals surface area contributed by atoms with Crippen LogP contribution in [0.15, 0.2) is 48.7 Å². The van der Waals surface area contributed by atoms with Gasteiger partial charge in [-0.25, -0.2) is 4.79 Å². The summed E-state index contributed by atoms with van der Waals surface area (Å²) in [5.41, 5.74) is 4.35. The zero-order valence-electron chi connectivity index (χ0n) is 13.4. The van der Waals surface area contributed by atoms with Crippen LogP contribution in [0.5, 0.6) is 0 Å². The highest BCUT2D eigenvalue weighted by atomic mass is 35.5. The number of rotatable bonds is 1. The lowest BCUT2D eigenvalue weighted by Crippen LogP contribution is -2.35. The SMILES string of the molecule is Cn1cc2c3c(cccc31)CN(C(=O)Nc1ccccc1Cl)CC2. The number of benzene rings is 2. The van der Waals surface area contributed by atoms with E-state index >= 15 is 0 Å². The molecule has 0 spiro atoms. The van der Waals surface area contributed by atoms with Crippen LogP contribution >= 0.6 is 11.6 Å². The first-order valence-corrected chi connectivity index (χ1v) is 8.37. The molecule has 3 aromatic rings. The molecule has 0 saturated heterocycles. The molecule has 0 radical (unpaired) electrons. The van der Waals surface area contributed by atoms with Crippen molar-refractivity contribution in [1.82, 2.24) is 9.47 Å². The van der Waals surface area contributed by atoms with E-state index in [-0.39, 0.29) is 6.03 Å². The van der Waals surface area contributed by atoms with E-state index in [4.69, 9.17) is 11.6 Å². The number of urea groups is 1. The van der Waals surface area contributed by atoms with Crippen molar-refractivity contribution in [3.63, 3.8) is 0 Å². The number of aryl methyl sites for hydroxylation is 1. The number of carbonyl (C=O) groups excluding carboxylic acids is 1. The van der Waals surface area contributed by atoms with E-state index in [1.165, 1.54) is 22.0 Å². The van der Waals surface area contributed by atoms with Crippen molar-refractivity contribution in [3.8, 4) is 0 Å². The molecule has 4 rings (SSSR count). The lowest BCUT2D eigenvalue weighted by atomic mass is 10.1. The van der Waals surface area contributed by atoms with Crippen LogP contribution in [0.4, 0.5) is 10.5 Å². The summed E-state index contributed by atoms with van der Waals surface area (Å²) >= 11 is 6.14. The van der Waals surface area contributed by atoms with E-state index in [1.807, 2.05) is 23.1 Å². The van der Waals surface area contributed by atoms with Gasteiger partial charge in [-0.3, -0.25) is 0 Å². The van der Waals surface area contributed by atoms with Crippen LogP contribution in [-0.2, 0) is 20.0 Å². The Morgan fingerprint density at radius 1 is 1.12 bits per heavy atom. The third-order valence-electron chi connectivity index (χ3n) is 4.59. The van der Waals surface area contributed by atoms with Crippen LogP contribution in [-0.4, -0.2) is 22.0 Å². The predicted molar refractivity (Wildman–Crippen MR) is 97.5 cm³/mol. The van der Waals surface area contributed by atoms with Gasteiger partial charge >= 0.3 is 6.03 Å². The highest BCUT2D eigenvalue weighted by Gasteiger charge is 2.22. The predicted octanol–water partition coefficient (Wildman–Crippen LogP) is 4.42. The average molecular weight is 340 g/mol. The second-order valence-electron chi connectivity index (χ2n) is 6.16. The second kappa shape index (κ2) is 5.87. The number of anilines is 1. The van der Waals surface area contributed by atoms with Gasteiger partial charge in [0.2, 0.25) is 0 Å². The number of halogens is 1. The van der Waals surface area contributed by atoms with Gasteiger partial charge in [-0.1, -0.05) is 35.9 Å². The fraction of sp³-hybridized carbons (Fsp3) is 0.211. The Bertz CT molecular complexity index is 932. The number of hydrogen-bond acceptors (Lipinski definition) is 1. The Labute approximate surface area is 145 Å². The maximum atomic E-state index is 12.7. The third-order valence-corrected chi connectivity index (χ3v) is 4.92. The van der Waals surface area contributed by atoms with E-state index in [2.05, 4.69) is 41.3 Å². The molecule has 2 aromatic carbocycles. The molecule has 2 amide bonds. The Kier molecular flexibility index (Phi) is 3.69. The Balaban J connectivity index is 1.62. The van der Waals surface area contributed by atoms with Crippen molar-refractivity contribution < 1.29 is 4.79 Å². The minimum Gasteiger partial charge on any atom is -0.350 e. The summed E-state index contributed by atoms with van der Waals surface area (Å²) in [6.07, 6.45) is 3.02. The maximum Gasteiger partial charge on any atom is 0.322 e. The first-order valence-electron chi connectivity index (χ1n) is 8.00. The summed E-state index contributed by atoms with van der Waals surface area (Å²) < 4.78 is 2.16. The minimum absolute atomic E-state index is 0.116. The van der Waals surface area contributed by atoms with Crippen molar-refractivity contribution in [2.45, 2.75) is 13.0 Å². The topological polar surface area (TPSA) is 37.3 Å². The van der Waals surface area contributed by atoms with Crippen LogP contribution in [0.3, 0.4) is 0 Å². The van der Waals surface area contributed by atoms with Gasteiger partial charge < -0.3 is 14.8 Å². The highest BCUT2D eigenvalue weighted by Crippen LogP contribution is 2.29. The highest BCUT2D eigenvalue weighted by molar-refractivity contribution is 6.33. The largest absolute Gasteiger partial charge is 0.350 e. The van der Waals surface area contributed by atoms with Crippen LogP contribution in [0, 0.1) is 0 Å². The summed E-state index contributed by atoms with van der Waals surface area (Å²) in [5.74, 6) is 0. The monoisotopic (exact) mass is 339 g/mol. The smallest absolute Gasteiger partial charge is 0.322 e. The van der Waals surface area contributed by atoms with Gasteiger partial charge in [0.15, 0.2) is 0 Å². The quantitative estimate of drug-likeness (QED) is 0.700. The van der Waals surface area contributed by atoms with Gasteiger partial charge in [-0.2, -0.15) is 0 Å². The Hall–Kier alpha value is -2.46. The van der Waals surface area contributed by atoms with Crippen LogP contribution < -0.4 is 5.32 Å². The van der Waals surface area contributed by atoms with E-state index < -0.39 is 0 Å². The lowest BCUT2D eigenvalue weighted by molar-refractivity contribution is 0.210. The number of para-hydroxylation sites is 1. The van der Waals surface area contributed by atoms with Crippen molar-refractivity contribution >= 4 is 34.2 Å². The molecule has 1 aliphatic heterocycles. The Morgan fingerprint density at radius 3 is 2.79 bits per heavy atom. The zero-order valence-corrected chi connectivity index (χ0v) is 14.2. The molecule has 1 aromatic heterocycles. The summed E-state index contributed by atoms with van der Waals surface area (Å²) in [5, 5.41) is 4.75. The molecule has 0 unspecified atom stereocenters. The van der Waals surface area contributed by atoms with Gasteiger partial charge in [0.25, 0.3) is 0 Å². The molecule has 2 heterocycles. The van der Waals surface area contributed by atoms with E-state index in [0.29, 0.717) is 23.8 Å². The number of aromatic nitrogens is 1. The fourth-order valence-electron chi connectivity index (χ4n) is 3.41. The number of carbonyl (C=O) groups is 1. The molecule has 0 bridgehead atoms. The molecule has 24 heavy (non-hydrogen) atoms. The molecule has 0 aliphatic carbocycles. The van der Waals surface area contributed by atoms with Crippen molar-refractivity contribution in [1.29, 1.82) is 0 Å². The van der Waals surface area contributed by atoms with Gasteiger partial charge in [0.05, 0.1) is 10.7 Å². The molecular weight excluding hydrogens is 322 g/mol. The van der Waals surface area contributed by atoms with Crippen molar-refractivity contribution in [3.05, 3.63) is 64.8 Å². The summed E-state index contributed by atoms with van der Waals surface area (Å²) in [6.45, 7) is 1.29. The summed E-state index contributed by atoms with van der Waals surface area (Å²) in [7, 11) is 2.07. The number of nitrogens with zero attached hydrogens (tertiary/aromatic N) is 2. The molecule has 0 fully saturated rings. The van der Waals surface area contributed by atoms with E-state index in [9.17, 15) is 4.79 Å². The van der Waals surface area contributed by atoms with E-state index in [0.717, 1.165) is 6.42 Å². The molecular formula is C19H18ClN3O. The van der Waals surface area contributed by atoms with E-state index in [1.54, 1.807) is 6.07 Å². The first-order chi connectivity index (χ1) is 11.6. The molecule has 0 atom stereocenters. The molecule has 0 saturated carbocycles. The molecule has 1 aliphatic rings. The van der Waals surface area contributed by atoms with Gasteiger partial charge in [0.1, 0.15) is 0 Å². The first kappa shape index (κ1) is 15.1. The van der Waals surface area contributed by atoms with Crippen molar-refractivity contribution in [2.24, 2.45) is 7.05 Å².